The molecule has 0 fully saturated rings. The quantitative estimate of drug-likeness (QED) is 0.419. The van der Waals surface area contributed by atoms with Crippen LogP contribution < -0.4 is 0 Å². The number of aryl methyl sites for hydroxylation is 2. The fourth-order valence-electron chi connectivity index (χ4n) is 3.32. The number of hydrogen-bond donors (Lipinski definition) is 0. The van der Waals surface area contributed by atoms with Crippen LogP contribution in [0.15, 0.2) is 72.8 Å². The molecule has 0 N–H and O–H groups in total. The molecule has 1 aromatic heterocycles. The second-order valence-electron chi connectivity index (χ2n) is 6.45. The number of hydrogen-bond acceptors (Lipinski definition) is 1. The Labute approximate surface area is 146 Å². The fraction of sp³-hybridized carbons (Fsp3) is 0.0870. The number of fused-ring (bicyclic) bond motifs is 1. The molecule has 2 heteroatoms. The van der Waals surface area contributed by atoms with E-state index in [1.807, 2.05) is 30.3 Å². The maximum Gasteiger partial charge on any atom is 0.123 e. The van der Waals surface area contributed by atoms with Crippen molar-refractivity contribution in [2.45, 2.75) is 13.8 Å². The highest BCUT2D eigenvalue weighted by molar-refractivity contribution is 5.95. The lowest BCUT2D eigenvalue weighted by atomic mass is 9.99. The highest BCUT2D eigenvalue weighted by atomic mass is 19.1. The summed E-state index contributed by atoms with van der Waals surface area (Å²) in [5.41, 5.74) is 7.57. The molecule has 0 bridgehead atoms. The van der Waals surface area contributed by atoms with Crippen LogP contribution in [-0.4, -0.2) is 4.98 Å². The zero-order chi connectivity index (χ0) is 17.4. The highest BCUT2D eigenvalue weighted by Gasteiger charge is 2.07. The summed E-state index contributed by atoms with van der Waals surface area (Å²) in [7, 11) is 0. The van der Waals surface area contributed by atoms with Gasteiger partial charge >= 0.3 is 0 Å². The molecule has 0 unspecified atom stereocenters. The Bertz CT molecular complexity index is 1040. The van der Waals surface area contributed by atoms with Crippen LogP contribution in [0.2, 0.25) is 0 Å². The van der Waals surface area contributed by atoms with E-state index in [0.717, 1.165) is 33.3 Å². The van der Waals surface area contributed by atoms with Crippen molar-refractivity contribution in [3.05, 3.63) is 89.7 Å². The monoisotopic (exact) mass is 327 g/mol. The number of nitrogens with zero attached hydrogens (tertiary/aromatic N) is 1. The average Bonchev–Trinajstić information content (AvgIpc) is 2.61. The van der Waals surface area contributed by atoms with E-state index in [1.54, 1.807) is 0 Å². The summed E-state index contributed by atoms with van der Waals surface area (Å²) in [6.45, 7) is 4.20. The molecule has 0 aliphatic rings. The summed E-state index contributed by atoms with van der Waals surface area (Å²) in [6.07, 6.45) is 0. The topological polar surface area (TPSA) is 12.9 Å². The molecule has 1 nitrogen and oxygen atoms in total. The molecule has 4 rings (SSSR count). The van der Waals surface area contributed by atoms with Crippen molar-refractivity contribution in [3.8, 4) is 22.4 Å². The number of benzene rings is 3. The minimum atomic E-state index is -0.223. The third-order valence-corrected chi connectivity index (χ3v) is 4.40. The van der Waals surface area contributed by atoms with E-state index in [-0.39, 0.29) is 5.82 Å². The molecule has 1 heterocycles. The molecule has 0 saturated carbocycles. The van der Waals surface area contributed by atoms with Crippen LogP contribution in [0.25, 0.3) is 33.3 Å². The Balaban J connectivity index is 1.86. The molecule has 25 heavy (non-hydrogen) atoms. The van der Waals surface area contributed by atoms with Crippen molar-refractivity contribution in [3.63, 3.8) is 0 Å². The van der Waals surface area contributed by atoms with Crippen molar-refractivity contribution in [1.29, 1.82) is 0 Å². The van der Waals surface area contributed by atoms with Gasteiger partial charge in [0.05, 0.1) is 11.2 Å². The van der Waals surface area contributed by atoms with Gasteiger partial charge in [-0.15, -0.1) is 0 Å². The standard InChI is InChI=1S/C23H18FN/c1-15-12-16(2)14-18(13-15)22-11-10-21-20(4-3-5-23(21)25-22)17-6-8-19(24)9-7-17/h3-14H,1-2H3. The van der Waals surface area contributed by atoms with Gasteiger partial charge in [0.1, 0.15) is 5.82 Å². The van der Waals surface area contributed by atoms with Crippen LogP contribution in [0, 0.1) is 19.7 Å². The van der Waals surface area contributed by atoms with E-state index in [4.69, 9.17) is 4.98 Å². The van der Waals surface area contributed by atoms with Crippen LogP contribution >= 0.6 is 0 Å². The molecule has 122 valence electrons. The summed E-state index contributed by atoms with van der Waals surface area (Å²) in [4.78, 5) is 4.86. The Morgan fingerprint density at radius 3 is 2.16 bits per heavy atom. The van der Waals surface area contributed by atoms with Gasteiger partial charge in [0.25, 0.3) is 0 Å². The van der Waals surface area contributed by atoms with Gasteiger partial charge in [-0.1, -0.05) is 47.5 Å². The summed E-state index contributed by atoms with van der Waals surface area (Å²) < 4.78 is 13.2. The molecule has 0 atom stereocenters. The Hall–Kier alpha value is -3.00. The van der Waals surface area contributed by atoms with Crippen molar-refractivity contribution in [1.82, 2.24) is 4.98 Å². The van der Waals surface area contributed by atoms with E-state index in [2.05, 4.69) is 44.2 Å². The van der Waals surface area contributed by atoms with Crippen LogP contribution in [0.3, 0.4) is 0 Å². The summed E-state index contributed by atoms with van der Waals surface area (Å²) in [5.74, 6) is -0.223. The van der Waals surface area contributed by atoms with Crippen molar-refractivity contribution < 1.29 is 4.39 Å². The van der Waals surface area contributed by atoms with Gasteiger partial charge in [-0.05, 0) is 61.4 Å². The SMILES string of the molecule is Cc1cc(C)cc(-c2ccc3c(-c4ccc(F)cc4)cccc3n2)c1. The molecule has 0 aliphatic heterocycles. The smallest absolute Gasteiger partial charge is 0.123 e. The lowest BCUT2D eigenvalue weighted by Gasteiger charge is -2.09. The van der Waals surface area contributed by atoms with E-state index in [0.29, 0.717) is 0 Å². The number of rotatable bonds is 2. The number of pyridine rings is 1. The van der Waals surface area contributed by atoms with Gasteiger partial charge in [0.15, 0.2) is 0 Å². The first kappa shape index (κ1) is 15.5. The first-order valence-electron chi connectivity index (χ1n) is 8.34. The van der Waals surface area contributed by atoms with Crippen LogP contribution in [0.1, 0.15) is 11.1 Å². The predicted octanol–water partition coefficient (Wildman–Crippen LogP) is 6.32. The Kier molecular flexibility index (Phi) is 3.81. The van der Waals surface area contributed by atoms with Gasteiger partial charge in [0, 0.05) is 10.9 Å². The van der Waals surface area contributed by atoms with Crippen LogP contribution in [-0.2, 0) is 0 Å². The molecule has 4 aromatic rings. The zero-order valence-electron chi connectivity index (χ0n) is 14.3. The van der Waals surface area contributed by atoms with Crippen LogP contribution in [0.4, 0.5) is 4.39 Å². The van der Waals surface area contributed by atoms with E-state index in [9.17, 15) is 4.39 Å². The lowest BCUT2D eigenvalue weighted by Crippen LogP contribution is -1.89. The molecule has 0 radical (unpaired) electrons. The molecule has 0 amide bonds. The minimum Gasteiger partial charge on any atom is -0.248 e. The third kappa shape index (κ3) is 3.03. The summed E-state index contributed by atoms with van der Waals surface area (Å²) >= 11 is 0. The molecule has 0 aliphatic carbocycles. The molecular weight excluding hydrogens is 309 g/mol. The van der Waals surface area contributed by atoms with Crippen LogP contribution in [0.5, 0.6) is 0 Å². The van der Waals surface area contributed by atoms with E-state index >= 15 is 0 Å². The highest BCUT2D eigenvalue weighted by Crippen LogP contribution is 2.30. The normalized spacial score (nSPS) is 11.0. The largest absolute Gasteiger partial charge is 0.248 e. The van der Waals surface area contributed by atoms with Gasteiger partial charge < -0.3 is 0 Å². The first-order valence-corrected chi connectivity index (χ1v) is 8.34. The maximum atomic E-state index is 13.2. The number of halogens is 1. The first-order chi connectivity index (χ1) is 12.1. The van der Waals surface area contributed by atoms with Crippen molar-refractivity contribution in [2.24, 2.45) is 0 Å². The Morgan fingerprint density at radius 2 is 1.44 bits per heavy atom. The third-order valence-electron chi connectivity index (χ3n) is 4.40. The molecule has 0 saturated heterocycles. The predicted molar refractivity (Wildman–Crippen MR) is 102 cm³/mol. The van der Waals surface area contributed by atoms with E-state index in [1.165, 1.54) is 23.3 Å². The minimum absolute atomic E-state index is 0.223. The van der Waals surface area contributed by atoms with Crippen molar-refractivity contribution in [2.75, 3.05) is 0 Å². The molecule has 3 aromatic carbocycles. The summed E-state index contributed by atoms with van der Waals surface area (Å²) in [6, 6.07) is 23.3. The second-order valence-corrected chi connectivity index (χ2v) is 6.45. The second kappa shape index (κ2) is 6.14. The maximum absolute atomic E-state index is 13.2. The van der Waals surface area contributed by atoms with E-state index < -0.39 is 0 Å². The average molecular weight is 327 g/mol. The van der Waals surface area contributed by atoms with Gasteiger partial charge in [-0.2, -0.15) is 0 Å². The zero-order valence-corrected chi connectivity index (χ0v) is 14.3. The Morgan fingerprint density at radius 1 is 0.720 bits per heavy atom. The molecule has 0 spiro atoms. The van der Waals surface area contributed by atoms with Gasteiger partial charge in [-0.25, -0.2) is 9.37 Å². The fourth-order valence-corrected chi connectivity index (χ4v) is 3.32. The van der Waals surface area contributed by atoms with Gasteiger partial charge in [-0.3, -0.25) is 0 Å². The van der Waals surface area contributed by atoms with Gasteiger partial charge in [0.2, 0.25) is 0 Å². The lowest BCUT2D eigenvalue weighted by molar-refractivity contribution is 0.628. The molecular formula is C23H18FN. The van der Waals surface area contributed by atoms with Crippen molar-refractivity contribution >= 4 is 10.9 Å². The summed E-state index contributed by atoms with van der Waals surface area (Å²) in [5, 5.41) is 1.07. The number of aromatic nitrogens is 1.